The van der Waals surface area contributed by atoms with Crippen molar-refractivity contribution in [1.29, 1.82) is 0 Å². The van der Waals surface area contributed by atoms with E-state index in [2.05, 4.69) is 42.6 Å². The van der Waals surface area contributed by atoms with Gasteiger partial charge in [-0.2, -0.15) is 0 Å². The fourth-order valence-corrected chi connectivity index (χ4v) is 3.26. The van der Waals surface area contributed by atoms with E-state index in [1.165, 1.54) is 46.7 Å². The second-order valence-electron chi connectivity index (χ2n) is 5.84. The third-order valence-corrected chi connectivity index (χ3v) is 4.33. The van der Waals surface area contributed by atoms with Gasteiger partial charge in [-0.1, -0.05) is 37.3 Å². The Kier molecular flexibility index (Phi) is 4.89. The molecule has 2 heteroatoms. The number of rotatable bonds is 8. The van der Waals surface area contributed by atoms with Gasteiger partial charge in [-0.15, -0.1) is 0 Å². The first kappa shape index (κ1) is 14.6. The molecule has 0 spiro atoms. The second-order valence-corrected chi connectivity index (χ2v) is 5.84. The Morgan fingerprint density at radius 1 is 1.00 bits per heavy atom. The Hall–Kier alpha value is -1.38. The Morgan fingerprint density at radius 3 is 2.71 bits per heavy atom. The minimum atomic E-state index is 0.807. The first-order valence-corrected chi connectivity index (χ1v) is 8.21. The van der Waals surface area contributed by atoms with E-state index < -0.39 is 0 Å². The lowest BCUT2D eigenvalue weighted by Gasteiger charge is -2.10. The molecule has 112 valence electrons. The van der Waals surface area contributed by atoms with Gasteiger partial charge in [0.1, 0.15) is 0 Å². The van der Waals surface area contributed by atoms with Gasteiger partial charge in [0.05, 0.1) is 13.2 Å². The summed E-state index contributed by atoms with van der Waals surface area (Å²) in [6.07, 6.45) is 4.60. The number of benzene rings is 2. The predicted octanol–water partition coefficient (Wildman–Crippen LogP) is 3.50. The topological polar surface area (TPSA) is 21.3 Å². The predicted molar refractivity (Wildman–Crippen MR) is 89.0 cm³/mol. The first-order chi connectivity index (χ1) is 10.4. The monoisotopic (exact) mass is 283 g/mol. The van der Waals surface area contributed by atoms with Crippen molar-refractivity contribution < 1.29 is 4.74 Å². The van der Waals surface area contributed by atoms with E-state index in [9.17, 15) is 0 Å². The van der Waals surface area contributed by atoms with Crippen LogP contribution < -0.4 is 5.32 Å². The molecule has 3 rings (SSSR count). The van der Waals surface area contributed by atoms with Crippen molar-refractivity contribution in [3.8, 4) is 0 Å². The molecule has 0 radical (unpaired) electrons. The highest BCUT2D eigenvalue weighted by Crippen LogP contribution is 2.32. The van der Waals surface area contributed by atoms with Crippen molar-refractivity contribution in [2.24, 2.45) is 0 Å². The SMILES string of the molecule is CCCNCCOCCc1ccc2c3c(cccc13)CC2. The standard InChI is InChI=1S/C19H25NO/c1-2-11-20-12-14-21-13-10-15-6-7-17-9-8-16-4-3-5-18(15)19(16)17/h3-7,20H,2,8-14H2,1H3. The third kappa shape index (κ3) is 3.28. The van der Waals surface area contributed by atoms with Crippen LogP contribution in [0.4, 0.5) is 0 Å². The summed E-state index contributed by atoms with van der Waals surface area (Å²) in [7, 11) is 0. The minimum Gasteiger partial charge on any atom is -0.380 e. The molecule has 0 unspecified atom stereocenters. The average Bonchev–Trinajstić information content (AvgIpc) is 2.93. The molecule has 2 nitrogen and oxygen atoms in total. The number of ether oxygens (including phenoxy) is 1. The van der Waals surface area contributed by atoms with Crippen molar-refractivity contribution >= 4 is 10.8 Å². The highest BCUT2D eigenvalue weighted by atomic mass is 16.5. The molecule has 0 saturated carbocycles. The first-order valence-electron chi connectivity index (χ1n) is 8.21. The Labute approximate surface area is 127 Å². The maximum atomic E-state index is 5.75. The van der Waals surface area contributed by atoms with E-state index in [4.69, 9.17) is 4.74 Å². The van der Waals surface area contributed by atoms with Crippen LogP contribution in [-0.2, 0) is 24.0 Å². The molecule has 2 aromatic rings. The summed E-state index contributed by atoms with van der Waals surface area (Å²) in [6.45, 7) is 5.84. The maximum absolute atomic E-state index is 5.75. The lowest BCUT2D eigenvalue weighted by Crippen LogP contribution is -2.20. The normalized spacial score (nSPS) is 13.2. The van der Waals surface area contributed by atoms with Gasteiger partial charge >= 0.3 is 0 Å². The molecular formula is C19H25NO. The van der Waals surface area contributed by atoms with Crippen LogP contribution in [0.3, 0.4) is 0 Å². The summed E-state index contributed by atoms with van der Waals surface area (Å²) >= 11 is 0. The van der Waals surface area contributed by atoms with Gasteiger partial charge in [0.25, 0.3) is 0 Å². The molecule has 0 bridgehead atoms. The Morgan fingerprint density at radius 2 is 1.86 bits per heavy atom. The van der Waals surface area contributed by atoms with Crippen molar-refractivity contribution in [2.45, 2.75) is 32.6 Å². The van der Waals surface area contributed by atoms with Gasteiger partial charge in [-0.05, 0) is 59.7 Å². The molecule has 0 aliphatic heterocycles. The highest BCUT2D eigenvalue weighted by Gasteiger charge is 2.15. The zero-order valence-corrected chi connectivity index (χ0v) is 13.0. The van der Waals surface area contributed by atoms with Gasteiger partial charge in [-0.25, -0.2) is 0 Å². The molecule has 0 fully saturated rings. The number of nitrogens with one attached hydrogen (secondary N) is 1. The molecule has 0 atom stereocenters. The van der Waals surface area contributed by atoms with E-state index in [0.29, 0.717) is 0 Å². The molecule has 1 aliphatic carbocycles. The molecule has 21 heavy (non-hydrogen) atoms. The summed E-state index contributed by atoms with van der Waals surface area (Å²) in [5, 5.41) is 6.32. The van der Waals surface area contributed by atoms with E-state index >= 15 is 0 Å². The summed E-state index contributed by atoms with van der Waals surface area (Å²) in [5.74, 6) is 0. The van der Waals surface area contributed by atoms with E-state index in [0.717, 1.165) is 32.7 Å². The summed E-state index contributed by atoms with van der Waals surface area (Å²) < 4.78 is 5.75. The average molecular weight is 283 g/mol. The number of hydrogen-bond donors (Lipinski definition) is 1. The Bertz CT molecular complexity index is 596. The fraction of sp³-hybridized carbons (Fsp3) is 0.474. The smallest absolute Gasteiger partial charge is 0.0591 e. The van der Waals surface area contributed by atoms with E-state index in [1.807, 2.05) is 0 Å². The van der Waals surface area contributed by atoms with Gasteiger partial charge in [0.2, 0.25) is 0 Å². The van der Waals surface area contributed by atoms with Crippen LogP contribution >= 0.6 is 0 Å². The fourth-order valence-electron chi connectivity index (χ4n) is 3.26. The molecule has 1 aliphatic rings. The van der Waals surface area contributed by atoms with Crippen LogP contribution in [0.2, 0.25) is 0 Å². The molecule has 0 heterocycles. The zero-order chi connectivity index (χ0) is 14.5. The van der Waals surface area contributed by atoms with Crippen molar-refractivity contribution in [3.63, 3.8) is 0 Å². The summed E-state index contributed by atoms with van der Waals surface area (Å²) in [4.78, 5) is 0. The quantitative estimate of drug-likeness (QED) is 0.749. The van der Waals surface area contributed by atoms with Gasteiger partial charge in [0.15, 0.2) is 0 Å². The van der Waals surface area contributed by atoms with Crippen LogP contribution in [0.1, 0.15) is 30.0 Å². The lowest BCUT2D eigenvalue weighted by molar-refractivity contribution is 0.139. The minimum absolute atomic E-state index is 0.807. The second kappa shape index (κ2) is 7.06. The molecular weight excluding hydrogens is 258 g/mol. The summed E-state index contributed by atoms with van der Waals surface area (Å²) in [6, 6.07) is 11.4. The van der Waals surface area contributed by atoms with Gasteiger partial charge in [0, 0.05) is 6.54 Å². The third-order valence-electron chi connectivity index (χ3n) is 4.33. The highest BCUT2D eigenvalue weighted by molar-refractivity contribution is 5.93. The molecule has 1 N–H and O–H groups in total. The van der Waals surface area contributed by atoms with E-state index in [-0.39, 0.29) is 0 Å². The number of hydrogen-bond acceptors (Lipinski definition) is 2. The van der Waals surface area contributed by atoms with Crippen LogP contribution in [0, 0.1) is 0 Å². The van der Waals surface area contributed by atoms with Crippen LogP contribution in [0.15, 0.2) is 30.3 Å². The van der Waals surface area contributed by atoms with Crippen LogP contribution in [0.25, 0.3) is 10.8 Å². The van der Waals surface area contributed by atoms with E-state index in [1.54, 1.807) is 0 Å². The lowest BCUT2D eigenvalue weighted by atomic mass is 9.98. The molecule has 2 aromatic carbocycles. The van der Waals surface area contributed by atoms with Crippen molar-refractivity contribution in [3.05, 3.63) is 47.0 Å². The van der Waals surface area contributed by atoms with Crippen LogP contribution in [0.5, 0.6) is 0 Å². The van der Waals surface area contributed by atoms with Crippen LogP contribution in [-0.4, -0.2) is 26.3 Å². The zero-order valence-electron chi connectivity index (χ0n) is 13.0. The number of aryl methyl sites for hydroxylation is 2. The Balaban J connectivity index is 1.58. The molecule has 0 amide bonds. The summed E-state index contributed by atoms with van der Waals surface area (Å²) in [5.41, 5.74) is 4.47. The largest absolute Gasteiger partial charge is 0.380 e. The van der Waals surface area contributed by atoms with Crippen molar-refractivity contribution in [1.82, 2.24) is 5.32 Å². The van der Waals surface area contributed by atoms with Gasteiger partial charge < -0.3 is 10.1 Å². The molecule has 0 saturated heterocycles. The van der Waals surface area contributed by atoms with Gasteiger partial charge in [-0.3, -0.25) is 0 Å². The molecule has 0 aromatic heterocycles. The maximum Gasteiger partial charge on any atom is 0.0591 e. The van der Waals surface area contributed by atoms with Crippen molar-refractivity contribution in [2.75, 3.05) is 26.3 Å².